The van der Waals surface area contributed by atoms with Gasteiger partial charge in [0.2, 0.25) is 0 Å². The van der Waals surface area contributed by atoms with Crippen molar-refractivity contribution in [1.82, 2.24) is 9.78 Å². The van der Waals surface area contributed by atoms with Crippen molar-refractivity contribution in [2.75, 3.05) is 11.9 Å². The molecule has 0 atom stereocenters. The molecule has 0 aromatic carbocycles. The molecule has 1 aliphatic heterocycles. The Morgan fingerprint density at radius 3 is 3.40 bits per heavy atom. The largest absolute Gasteiger partial charge is 0.366 e. The van der Waals surface area contributed by atoms with E-state index in [1.165, 1.54) is 0 Å². The number of aromatic nitrogens is 2. The fourth-order valence-electron chi connectivity index (χ4n) is 1.08. The van der Waals surface area contributed by atoms with Gasteiger partial charge in [-0.25, -0.2) is 4.68 Å². The van der Waals surface area contributed by atoms with E-state index in [1.807, 2.05) is 29.9 Å². The van der Waals surface area contributed by atoms with Crippen molar-refractivity contribution in [1.29, 1.82) is 0 Å². The van der Waals surface area contributed by atoms with Gasteiger partial charge in [-0.15, -0.1) is 0 Å². The summed E-state index contributed by atoms with van der Waals surface area (Å²) in [6.07, 6.45) is 4.01. The average Bonchev–Trinajstić information content (AvgIpc) is 2.27. The average molecular weight is 135 g/mol. The van der Waals surface area contributed by atoms with Crippen LogP contribution in [0.3, 0.4) is 0 Å². The number of anilines is 1. The van der Waals surface area contributed by atoms with E-state index >= 15 is 0 Å². The topological polar surface area (TPSA) is 29.9 Å². The van der Waals surface area contributed by atoms with Gasteiger partial charge in [-0.3, -0.25) is 0 Å². The first kappa shape index (κ1) is 5.53. The maximum Gasteiger partial charge on any atom is 0.129 e. The van der Waals surface area contributed by atoms with Crippen LogP contribution in [0.1, 0.15) is 5.69 Å². The smallest absolute Gasteiger partial charge is 0.129 e. The molecule has 0 saturated carbocycles. The van der Waals surface area contributed by atoms with Gasteiger partial charge in [-0.05, 0) is 13.0 Å². The van der Waals surface area contributed by atoms with Crippen molar-refractivity contribution in [3.63, 3.8) is 0 Å². The fraction of sp³-hybridized carbons (Fsp3) is 0.286. The highest BCUT2D eigenvalue weighted by molar-refractivity contribution is 5.48. The van der Waals surface area contributed by atoms with Gasteiger partial charge < -0.3 is 5.32 Å². The Morgan fingerprint density at radius 1 is 1.70 bits per heavy atom. The first-order valence-electron chi connectivity index (χ1n) is 3.33. The second kappa shape index (κ2) is 1.87. The Kier molecular flexibility index (Phi) is 1.03. The summed E-state index contributed by atoms with van der Waals surface area (Å²) >= 11 is 0. The van der Waals surface area contributed by atoms with Crippen LogP contribution in [0.25, 0.3) is 6.20 Å². The van der Waals surface area contributed by atoms with E-state index < -0.39 is 0 Å². The van der Waals surface area contributed by atoms with Crippen LogP contribution < -0.4 is 5.32 Å². The normalized spacial score (nSPS) is 14.5. The number of aryl methyl sites for hydroxylation is 1. The third kappa shape index (κ3) is 0.708. The second-order valence-corrected chi connectivity index (χ2v) is 2.38. The molecule has 52 valence electrons. The predicted octanol–water partition coefficient (Wildman–Crippen LogP) is 1.09. The van der Waals surface area contributed by atoms with Crippen LogP contribution in [0.4, 0.5) is 5.82 Å². The first-order valence-corrected chi connectivity index (χ1v) is 3.33. The Balaban J connectivity index is 2.53. The Morgan fingerprint density at radius 2 is 2.60 bits per heavy atom. The highest BCUT2D eigenvalue weighted by Gasteiger charge is 2.03. The van der Waals surface area contributed by atoms with Crippen LogP contribution >= 0.6 is 0 Å². The SMILES string of the molecule is Cc1cc2n(n1)C=CCN2. The summed E-state index contributed by atoms with van der Waals surface area (Å²) in [6, 6.07) is 2.03. The van der Waals surface area contributed by atoms with E-state index in [1.54, 1.807) is 0 Å². The van der Waals surface area contributed by atoms with Gasteiger partial charge in [0, 0.05) is 18.8 Å². The maximum atomic E-state index is 4.22. The van der Waals surface area contributed by atoms with Crippen LogP contribution in [-0.4, -0.2) is 16.3 Å². The quantitative estimate of drug-likeness (QED) is 0.577. The van der Waals surface area contributed by atoms with E-state index in [2.05, 4.69) is 10.4 Å². The summed E-state index contributed by atoms with van der Waals surface area (Å²) in [5, 5.41) is 7.42. The van der Waals surface area contributed by atoms with Crippen LogP contribution in [-0.2, 0) is 0 Å². The van der Waals surface area contributed by atoms with Crippen molar-refractivity contribution in [3.05, 3.63) is 17.8 Å². The minimum absolute atomic E-state index is 0.908. The summed E-state index contributed by atoms with van der Waals surface area (Å²) < 4.78 is 1.85. The Labute approximate surface area is 59.4 Å². The van der Waals surface area contributed by atoms with Crippen LogP contribution in [0.15, 0.2) is 12.1 Å². The molecule has 0 spiro atoms. The monoisotopic (exact) mass is 135 g/mol. The number of nitrogens with one attached hydrogen (secondary N) is 1. The number of fused-ring (bicyclic) bond motifs is 1. The molecule has 0 aliphatic carbocycles. The van der Waals surface area contributed by atoms with Gasteiger partial charge in [-0.1, -0.05) is 0 Å². The van der Waals surface area contributed by atoms with Crippen molar-refractivity contribution in [3.8, 4) is 0 Å². The molecule has 0 saturated heterocycles. The van der Waals surface area contributed by atoms with E-state index in [0.29, 0.717) is 0 Å². The molecule has 0 bridgehead atoms. The fourth-order valence-corrected chi connectivity index (χ4v) is 1.08. The lowest BCUT2D eigenvalue weighted by molar-refractivity contribution is 0.898. The molecule has 1 N–H and O–H groups in total. The molecule has 2 rings (SSSR count). The summed E-state index contributed by atoms with van der Waals surface area (Å²) in [7, 11) is 0. The van der Waals surface area contributed by atoms with Gasteiger partial charge in [-0.2, -0.15) is 5.10 Å². The zero-order chi connectivity index (χ0) is 6.97. The lowest BCUT2D eigenvalue weighted by Gasteiger charge is -2.07. The van der Waals surface area contributed by atoms with Crippen molar-refractivity contribution >= 4 is 12.0 Å². The maximum absolute atomic E-state index is 4.22. The van der Waals surface area contributed by atoms with Gasteiger partial charge in [0.15, 0.2) is 0 Å². The van der Waals surface area contributed by atoms with Gasteiger partial charge in [0.25, 0.3) is 0 Å². The predicted molar refractivity (Wildman–Crippen MR) is 40.8 cm³/mol. The van der Waals surface area contributed by atoms with Crippen molar-refractivity contribution < 1.29 is 0 Å². The van der Waals surface area contributed by atoms with E-state index in [4.69, 9.17) is 0 Å². The Hall–Kier alpha value is -1.25. The first-order chi connectivity index (χ1) is 4.86. The summed E-state index contributed by atoms with van der Waals surface area (Å²) in [6.45, 7) is 2.89. The summed E-state index contributed by atoms with van der Waals surface area (Å²) in [5.74, 6) is 1.08. The van der Waals surface area contributed by atoms with Crippen LogP contribution in [0.2, 0.25) is 0 Å². The molecule has 3 nitrogen and oxygen atoms in total. The van der Waals surface area contributed by atoms with Crippen LogP contribution in [0, 0.1) is 6.92 Å². The van der Waals surface area contributed by atoms with E-state index in [-0.39, 0.29) is 0 Å². The number of hydrogen-bond donors (Lipinski definition) is 1. The molecule has 0 radical (unpaired) electrons. The van der Waals surface area contributed by atoms with Gasteiger partial charge in [0.1, 0.15) is 5.82 Å². The van der Waals surface area contributed by atoms with Gasteiger partial charge in [0.05, 0.1) is 5.69 Å². The summed E-state index contributed by atoms with van der Waals surface area (Å²) in [4.78, 5) is 0. The summed E-state index contributed by atoms with van der Waals surface area (Å²) in [5.41, 5.74) is 1.05. The van der Waals surface area contributed by atoms with E-state index in [0.717, 1.165) is 18.1 Å². The lowest BCUT2D eigenvalue weighted by Crippen LogP contribution is -2.08. The molecule has 1 aromatic heterocycles. The van der Waals surface area contributed by atoms with E-state index in [9.17, 15) is 0 Å². The van der Waals surface area contributed by atoms with Gasteiger partial charge >= 0.3 is 0 Å². The molecule has 10 heavy (non-hydrogen) atoms. The molecule has 1 aliphatic rings. The second-order valence-electron chi connectivity index (χ2n) is 2.38. The van der Waals surface area contributed by atoms with Crippen molar-refractivity contribution in [2.45, 2.75) is 6.92 Å². The minimum atomic E-state index is 0.908. The molecule has 0 fully saturated rings. The third-order valence-corrected chi connectivity index (χ3v) is 1.51. The minimum Gasteiger partial charge on any atom is -0.366 e. The molecule has 3 heteroatoms. The molecule has 2 heterocycles. The molecule has 0 unspecified atom stereocenters. The molecular formula is C7H9N3. The molecular weight excluding hydrogens is 126 g/mol. The molecule has 0 amide bonds. The van der Waals surface area contributed by atoms with Crippen LogP contribution in [0.5, 0.6) is 0 Å². The highest BCUT2D eigenvalue weighted by Crippen LogP contribution is 2.12. The lowest BCUT2D eigenvalue weighted by atomic mass is 10.4. The molecule has 1 aromatic rings. The number of rotatable bonds is 0. The zero-order valence-electron chi connectivity index (χ0n) is 5.83. The highest BCUT2D eigenvalue weighted by atomic mass is 15.3. The number of nitrogens with zero attached hydrogens (tertiary/aromatic N) is 2. The third-order valence-electron chi connectivity index (χ3n) is 1.51. The standard InChI is InChI=1S/C7H9N3/c1-6-5-7-8-3-2-4-10(7)9-6/h2,4-5,8H,3H2,1H3. The zero-order valence-corrected chi connectivity index (χ0v) is 5.83. The van der Waals surface area contributed by atoms with Crippen molar-refractivity contribution in [2.24, 2.45) is 0 Å². The number of hydrogen-bond acceptors (Lipinski definition) is 2. The Bertz CT molecular complexity index is 272.